The maximum absolute atomic E-state index is 17.4. The van der Waals surface area contributed by atoms with Gasteiger partial charge in [0.1, 0.15) is 39.6 Å². The van der Waals surface area contributed by atoms with Crippen LogP contribution < -0.4 is 14.4 Å². The summed E-state index contributed by atoms with van der Waals surface area (Å²) in [5.74, 6) is 0.773. The number of anilines is 1. The van der Waals surface area contributed by atoms with Crippen LogP contribution in [0.3, 0.4) is 0 Å². The van der Waals surface area contributed by atoms with E-state index < -0.39 is 27.3 Å². The summed E-state index contributed by atoms with van der Waals surface area (Å²) in [6, 6.07) is 5.74. The van der Waals surface area contributed by atoms with E-state index in [9.17, 15) is 18.6 Å². The normalized spacial score (nSPS) is 25.4. The molecule has 4 aromatic rings. The van der Waals surface area contributed by atoms with Crippen LogP contribution in [0.1, 0.15) is 57.4 Å². The fraction of sp³-hybridized carbons (Fsp3) is 0.537. The number of hydrogen-bond donors (Lipinski definition) is 2. The molecule has 0 spiro atoms. The zero-order valence-corrected chi connectivity index (χ0v) is 33.2. The SMILES string of the molecule is C#Cc1c(F)ccc2cc(O)cc(-c3nc(OC)c4c(N5CCOC[C@@](C)(O)C5)nc(OC[C@]56CCC[C@H]5N(C5CCN(S(C)(=O)=O)CC5)CCC6)nc4c3F)c12. The maximum atomic E-state index is 17.4. The summed E-state index contributed by atoms with van der Waals surface area (Å²) in [5, 5.41) is 22.6. The van der Waals surface area contributed by atoms with Gasteiger partial charge < -0.3 is 29.3 Å². The third-order valence-electron chi connectivity index (χ3n) is 12.3. The molecule has 13 nitrogen and oxygen atoms in total. The number of piperidine rings is 2. The van der Waals surface area contributed by atoms with Crippen LogP contribution in [0.25, 0.3) is 32.9 Å². The summed E-state index contributed by atoms with van der Waals surface area (Å²) in [6.07, 6.45) is 13.4. The van der Waals surface area contributed by atoms with Crippen LogP contribution in [0.15, 0.2) is 24.3 Å². The fourth-order valence-corrected chi connectivity index (χ4v) is 10.6. The Balaban J connectivity index is 1.22. The Hall–Kier alpha value is -4.40. The number of methoxy groups -OCH3 is 1. The highest BCUT2D eigenvalue weighted by Crippen LogP contribution is 2.50. The number of ether oxygens (including phenoxy) is 3. The lowest BCUT2D eigenvalue weighted by Gasteiger charge is -2.50. The van der Waals surface area contributed by atoms with E-state index in [0.717, 1.165) is 51.5 Å². The minimum absolute atomic E-state index is 0.0396. The van der Waals surface area contributed by atoms with Crippen molar-refractivity contribution in [1.29, 1.82) is 0 Å². The molecule has 2 aromatic heterocycles. The first-order chi connectivity index (χ1) is 27.2. The van der Waals surface area contributed by atoms with Gasteiger partial charge in [0.05, 0.1) is 45.3 Å². The number of pyridine rings is 1. The number of β-amino-alcohol motifs (C(OH)–C–C–N with tert-alkyl or cyclic N) is 1. The molecule has 1 aliphatic carbocycles. The van der Waals surface area contributed by atoms with E-state index in [4.69, 9.17) is 25.6 Å². The Morgan fingerprint density at radius 2 is 1.82 bits per heavy atom. The number of aromatic nitrogens is 3. The lowest BCUT2D eigenvalue weighted by Crippen LogP contribution is -2.57. The molecule has 3 atom stereocenters. The minimum Gasteiger partial charge on any atom is -0.508 e. The molecule has 304 valence electrons. The number of benzene rings is 2. The number of sulfonamides is 1. The Kier molecular flexibility index (Phi) is 10.4. The highest BCUT2D eigenvalue weighted by atomic mass is 32.2. The first kappa shape index (κ1) is 39.4. The average molecular weight is 807 g/mol. The van der Waals surface area contributed by atoms with Crippen LogP contribution in [0.2, 0.25) is 0 Å². The van der Waals surface area contributed by atoms with Gasteiger partial charge in [0.25, 0.3) is 0 Å². The second kappa shape index (κ2) is 15.1. The van der Waals surface area contributed by atoms with Gasteiger partial charge in [-0.3, -0.25) is 4.90 Å². The molecule has 0 radical (unpaired) electrons. The second-order valence-corrected chi connectivity index (χ2v) is 18.2. The second-order valence-electron chi connectivity index (χ2n) is 16.3. The lowest BCUT2D eigenvalue weighted by atomic mass is 9.74. The van der Waals surface area contributed by atoms with E-state index in [2.05, 4.69) is 20.8 Å². The number of nitrogens with zero attached hydrogens (tertiary/aromatic N) is 6. The molecule has 8 rings (SSSR count). The molecule has 1 saturated carbocycles. The third-order valence-corrected chi connectivity index (χ3v) is 13.6. The quantitative estimate of drug-likeness (QED) is 0.235. The summed E-state index contributed by atoms with van der Waals surface area (Å²) >= 11 is 0. The zero-order chi connectivity index (χ0) is 40.3. The number of terminal acetylenes is 1. The van der Waals surface area contributed by atoms with Crippen LogP contribution in [-0.4, -0.2) is 126 Å². The van der Waals surface area contributed by atoms with Gasteiger partial charge in [-0.15, -0.1) is 6.42 Å². The molecule has 0 bridgehead atoms. The van der Waals surface area contributed by atoms with Crippen LogP contribution in [0, 0.1) is 29.4 Å². The monoisotopic (exact) mass is 806 g/mol. The first-order valence-electron chi connectivity index (χ1n) is 19.5. The molecule has 0 unspecified atom stereocenters. The van der Waals surface area contributed by atoms with Crippen molar-refractivity contribution in [2.24, 2.45) is 5.41 Å². The molecule has 2 N–H and O–H groups in total. The standard InChI is InChI=1S/C41H48F2N6O7S/c1-5-28-30(42)10-9-25-20-27(50)21-29(32(25)28)35-34(43)36-33(38(44-35)54-3)37(47-18-19-55-23-40(2,51)22-47)46-39(45-36)56-24-41-13-6-8-31(41)49(15-7-14-41)26-11-16-48(17-12-26)57(4,52)53/h1,9-10,20-21,26,31,50-51H,6-8,11-19,22-24H2,2-4H3/t31-,40+,41-/m1/s1. The maximum Gasteiger partial charge on any atom is 0.319 e. The minimum atomic E-state index is -3.24. The summed E-state index contributed by atoms with van der Waals surface area (Å²) < 4.78 is 76.6. The van der Waals surface area contributed by atoms with E-state index in [1.165, 1.54) is 37.6 Å². The Bertz CT molecular complexity index is 2370. The Morgan fingerprint density at radius 1 is 1.05 bits per heavy atom. The smallest absolute Gasteiger partial charge is 0.319 e. The lowest BCUT2D eigenvalue weighted by molar-refractivity contribution is -0.0320. The third kappa shape index (κ3) is 7.33. The summed E-state index contributed by atoms with van der Waals surface area (Å²) in [6.45, 7) is 4.59. The predicted octanol–water partition coefficient (Wildman–Crippen LogP) is 4.84. The van der Waals surface area contributed by atoms with E-state index in [1.807, 2.05) is 0 Å². The van der Waals surface area contributed by atoms with Crippen molar-refractivity contribution in [2.75, 3.05) is 70.8 Å². The number of halogens is 2. The molecule has 2 aromatic carbocycles. The Labute approximate surface area is 331 Å². The number of hydrogen-bond acceptors (Lipinski definition) is 12. The molecule has 16 heteroatoms. The molecule has 4 fully saturated rings. The van der Waals surface area contributed by atoms with Crippen molar-refractivity contribution >= 4 is 37.5 Å². The van der Waals surface area contributed by atoms with E-state index >= 15 is 8.78 Å². The van der Waals surface area contributed by atoms with Crippen LogP contribution >= 0.6 is 0 Å². The van der Waals surface area contributed by atoms with Crippen LogP contribution in [0.5, 0.6) is 17.6 Å². The molecule has 0 amide bonds. The fourth-order valence-electron chi connectivity index (χ4n) is 9.75. The van der Waals surface area contributed by atoms with Gasteiger partial charge in [-0.05, 0) is 75.6 Å². The molecular weight excluding hydrogens is 759 g/mol. The number of fused-ring (bicyclic) bond motifs is 3. The van der Waals surface area contributed by atoms with Gasteiger partial charge in [0, 0.05) is 48.1 Å². The van der Waals surface area contributed by atoms with Crippen molar-refractivity contribution < 1.29 is 41.6 Å². The van der Waals surface area contributed by atoms with E-state index in [0.29, 0.717) is 25.0 Å². The Morgan fingerprint density at radius 3 is 2.56 bits per heavy atom. The van der Waals surface area contributed by atoms with Crippen molar-refractivity contribution in [1.82, 2.24) is 24.2 Å². The summed E-state index contributed by atoms with van der Waals surface area (Å²) in [7, 11) is -1.86. The van der Waals surface area contributed by atoms with Crippen LogP contribution in [-0.2, 0) is 14.8 Å². The molecule has 5 heterocycles. The average Bonchev–Trinajstić information content (AvgIpc) is 3.53. The molecule has 3 saturated heterocycles. The molecular formula is C41H48F2N6O7S. The van der Waals surface area contributed by atoms with Gasteiger partial charge in [0.15, 0.2) is 5.82 Å². The number of aliphatic hydroxyl groups is 1. The zero-order valence-electron chi connectivity index (χ0n) is 32.4. The van der Waals surface area contributed by atoms with E-state index in [1.54, 1.807) is 16.1 Å². The number of rotatable bonds is 8. The summed E-state index contributed by atoms with van der Waals surface area (Å²) in [5.41, 5.74) is -2.02. The number of phenolic OH excluding ortho intramolecular Hbond substituents is 1. The van der Waals surface area contributed by atoms with Crippen molar-refractivity contribution in [3.63, 3.8) is 0 Å². The highest BCUT2D eigenvalue weighted by molar-refractivity contribution is 7.88. The topological polar surface area (TPSA) is 151 Å². The largest absolute Gasteiger partial charge is 0.508 e. The highest BCUT2D eigenvalue weighted by Gasteiger charge is 2.50. The van der Waals surface area contributed by atoms with Crippen molar-refractivity contribution in [3.05, 3.63) is 41.5 Å². The number of likely N-dealkylation sites (tertiary alicyclic amines) is 1. The van der Waals surface area contributed by atoms with Gasteiger partial charge in [-0.2, -0.15) is 9.97 Å². The summed E-state index contributed by atoms with van der Waals surface area (Å²) in [4.78, 5) is 18.5. The van der Waals surface area contributed by atoms with Crippen molar-refractivity contribution in [2.45, 2.75) is 69.6 Å². The van der Waals surface area contributed by atoms with Gasteiger partial charge >= 0.3 is 6.01 Å². The molecule has 3 aliphatic heterocycles. The van der Waals surface area contributed by atoms with Gasteiger partial charge in [-0.25, -0.2) is 26.5 Å². The van der Waals surface area contributed by atoms with Crippen LogP contribution in [0.4, 0.5) is 14.6 Å². The predicted molar refractivity (Wildman–Crippen MR) is 211 cm³/mol. The van der Waals surface area contributed by atoms with Gasteiger partial charge in [0.2, 0.25) is 15.9 Å². The molecule has 4 aliphatic rings. The number of phenols is 1. The molecule has 57 heavy (non-hydrogen) atoms. The first-order valence-corrected chi connectivity index (χ1v) is 21.3. The van der Waals surface area contributed by atoms with Crippen molar-refractivity contribution in [3.8, 4) is 41.2 Å². The van der Waals surface area contributed by atoms with E-state index in [-0.39, 0.29) is 100 Å². The van der Waals surface area contributed by atoms with Gasteiger partial charge in [-0.1, -0.05) is 18.4 Å². The number of aromatic hydroxyl groups is 1.